The van der Waals surface area contributed by atoms with E-state index in [1.165, 1.54) is 10.4 Å². The van der Waals surface area contributed by atoms with Crippen molar-refractivity contribution in [3.63, 3.8) is 0 Å². The van der Waals surface area contributed by atoms with Crippen molar-refractivity contribution in [2.75, 3.05) is 19.0 Å². The van der Waals surface area contributed by atoms with E-state index in [1.807, 2.05) is 20.3 Å². The van der Waals surface area contributed by atoms with Gasteiger partial charge in [0, 0.05) is 29.7 Å². The smallest absolute Gasteiger partial charge is 0.134 e. The third kappa shape index (κ3) is 4.28. The summed E-state index contributed by atoms with van der Waals surface area (Å²) in [4.78, 5) is 8.11. The van der Waals surface area contributed by atoms with Crippen molar-refractivity contribution in [2.45, 2.75) is 40.0 Å². The number of thiophene rings is 1. The molecule has 0 saturated carbocycles. The first kappa shape index (κ1) is 20.1. The molecule has 1 aromatic carbocycles. The molecule has 0 radical (unpaired) electrons. The molecule has 0 bridgehead atoms. The summed E-state index contributed by atoms with van der Waals surface area (Å²) in [5.74, 6) is 0.668. The molecule has 1 aliphatic rings. The number of fused-ring (bicyclic) bond motifs is 1. The largest absolute Gasteiger partial charge is 0.377 e. The Morgan fingerprint density at radius 1 is 1.33 bits per heavy atom. The van der Waals surface area contributed by atoms with E-state index in [2.05, 4.69) is 65.9 Å². The van der Waals surface area contributed by atoms with Crippen LogP contribution >= 0.6 is 27.3 Å². The zero-order chi connectivity index (χ0) is 19.8. The molecule has 0 unspecified atom stereocenters. The van der Waals surface area contributed by atoms with Crippen LogP contribution < -0.4 is 4.90 Å². The SMILES string of the molecule is CN(C)c1ccc(C=Nc2sc3c(c2C#N)CC[C@@H](C(C)(C)C)C3)cc1Br. The second-order valence-corrected chi connectivity index (χ2v) is 10.4. The molecule has 142 valence electrons. The van der Waals surface area contributed by atoms with E-state index >= 15 is 0 Å². The molecule has 3 rings (SSSR count). The van der Waals surface area contributed by atoms with Crippen LogP contribution in [0, 0.1) is 22.7 Å². The number of aliphatic imine (C=N–C) groups is 1. The Bertz CT molecular complexity index is 913. The lowest BCUT2D eigenvalue weighted by atomic mass is 9.72. The number of benzene rings is 1. The highest BCUT2D eigenvalue weighted by atomic mass is 79.9. The maximum atomic E-state index is 9.70. The summed E-state index contributed by atoms with van der Waals surface area (Å²) >= 11 is 5.32. The molecule has 0 fully saturated rings. The van der Waals surface area contributed by atoms with Gasteiger partial charge in [-0.1, -0.05) is 26.8 Å². The summed E-state index contributed by atoms with van der Waals surface area (Å²) in [5.41, 5.74) is 4.47. The number of halogens is 1. The first-order valence-electron chi connectivity index (χ1n) is 9.26. The van der Waals surface area contributed by atoms with Crippen LogP contribution in [0.3, 0.4) is 0 Å². The minimum absolute atomic E-state index is 0.304. The Kier molecular flexibility index (Phi) is 5.79. The van der Waals surface area contributed by atoms with Crippen molar-refractivity contribution < 1.29 is 0 Å². The van der Waals surface area contributed by atoms with Crippen LogP contribution in [0.1, 0.15) is 48.8 Å². The predicted molar refractivity (Wildman–Crippen MR) is 120 cm³/mol. The highest BCUT2D eigenvalue weighted by molar-refractivity contribution is 9.10. The fourth-order valence-corrected chi connectivity index (χ4v) is 5.59. The van der Waals surface area contributed by atoms with Gasteiger partial charge in [-0.25, -0.2) is 4.99 Å². The van der Waals surface area contributed by atoms with Crippen molar-refractivity contribution >= 4 is 44.2 Å². The molecule has 3 nitrogen and oxygen atoms in total. The number of rotatable bonds is 3. The molecule has 0 saturated heterocycles. The van der Waals surface area contributed by atoms with Gasteiger partial charge in [-0.15, -0.1) is 11.3 Å². The van der Waals surface area contributed by atoms with Gasteiger partial charge in [0.25, 0.3) is 0 Å². The number of anilines is 1. The van der Waals surface area contributed by atoms with Crippen molar-refractivity contribution in [1.29, 1.82) is 5.26 Å². The van der Waals surface area contributed by atoms with Crippen molar-refractivity contribution in [1.82, 2.24) is 0 Å². The summed E-state index contributed by atoms with van der Waals surface area (Å²) in [6.07, 6.45) is 5.08. The van der Waals surface area contributed by atoms with Crippen LogP contribution in [0.15, 0.2) is 27.7 Å². The summed E-state index contributed by atoms with van der Waals surface area (Å²) < 4.78 is 1.04. The van der Waals surface area contributed by atoms with Gasteiger partial charge in [0.2, 0.25) is 0 Å². The van der Waals surface area contributed by atoms with Crippen LogP contribution in [0.25, 0.3) is 0 Å². The fourth-order valence-electron chi connectivity index (χ4n) is 3.62. The molecule has 0 spiro atoms. The third-order valence-corrected chi connectivity index (χ3v) is 7.17. The second kappa shape index (κ2) is 7.77. The second-order valence-electron chi connectivity index (χ2n) is 8.46. The molecule has 5 heteroatoms. The van der Waals surface area contributed by atoms with E-state index in [-0.39, 0.29) is 0 Å². The highest BCUT2D eigenvalue weighted by Gasteiger charge is 2.32. The van der Waals surface area contributed by atoms with Crippen molar-refractivity contribution in [2.24, 2.45) is 16.3 Å². The van der Waals surface area contributed by atoms with E-state index < -0.39 is 0 Å². The molecular weight excluding hydrogens is 418 g/mol. The van der Waals surface area contributed by atoms with E-state index in [0.717, 1.165) is 45.6 Å². The molecule has 0 N–H and O–H groups in total. The standard InChI is InChI=1S/C22H26BrN3S/c1-22(2,3)15-7-8-16-17(12-24)21(27-20(16)11-15)25-13-14-6-9-19(26(4)5)18(23)10-14/h6,9-10,13,15H,7-8,11H2,1-5H3/t15-/m1/s1. The molecular formula is C22H26BrN3S. The first-order valence-corrected chi connectivity index (χ1v) is 10.9. The Morgan fingerprint density at radius 2 is 2.07 bits per heavy atom. The Morgan fingerprint density at radius 3 is 2.67 bits per heavy atom. The quantitative estimate of drug-likeness (QED) is 0.518. The first-order chi connectivity index (χ1) is 12.7. The average molecular weight is 444 g/mol. The van der Waals surface area contributed by atoms with Gasteiger partial charge in [-0.3, -0.25) is 0 Å². The number of nitriles is 1. The Balaban J connectivity index is 1.88. The van der Waals surface area contributed by atoms with Gasteiger partial charge in [0.1, 0.15) is 11.1 Å². The number of nitrogens with zero attached hydrogens (tertiary/aromatic N) is 3. The zero-order valence-electron chi connectivity index (χ0n) is 16.6. The average Bonchev–Trinajstić information content (AvgIpc) is 2.95. The van der Waals surface area contributed by atoms with E-state index in [1.54, 1.807) is 11.3 Å². The van der Waals surface area contributed by atoms with Crippen LogP contribution in [0.4, 0.5) is 10.7 Å². The molecule has 1 aromatic heterocycles. The molecule has 2 aromatic rings. The lowest BCUT2D eigenvalue weighted by Crippen LogP contribution is -2.26. The summed E-state index contributed by atoms with van der Waals surface area (Å²) in [6.45, 7) is 6.95. The van der Waals surface area contributed by atoms with Gasteiger partial charge < -0.3 is 4.90 Å². The Labute approximate surface area is 174 Å². The fraction of sp³-hybridized carbons (Fsp3) is 0.455. The van der Waals surface area contributed by atoms with Crippen LogP contribution in [0.5, 0.6) is 0 Å². The van der Waals surface area contributed by atoms with Crippen molar-refractivity contribution in [3.05, 3.63) is 44.2 Å². The van der Waals surface area contributed by atoms with E-state index in [4.69, 9.17) is 4.99 Å². The topological polar surface area (TPSA) is 39.4 Å². The molecule has 1 aliphatic carbocycles. The van der Waals surface area contributed by atoms with E-state index in [0.29, 0.717) is 11.3 Å². The van der Waals surface area contributed by atoms with Gasteiger partial charge in [-0.2, -0.15) is 5.26 Å². The van der Waals surface area contributed by atoms with Crippen LogP contribution in [-0.4, -0.2) is 20.3 Å². The van der Waals surface area contributed by atoms with Crippen LogP contribution in [-0.2, 0) is 12.8 Å². The van der Waals surface area contributed by atoms with Crippen LogP contribution in [0.2, 0.25) is 0 Å². The Hall–Kier alpha value is -1.64. The number of hydrogen-bond acceptors (Lipinski definition) is 4. The van der Waals surface area contributed by atoms with Gasteiger partial charge in [0.05, 0.1) is 11.3 Å². The summed E-state index contributed by atoms with van der Waals surface area (Å²) in [6, 6.07) is 8.60. The zero-order valence-corrected chi connectivity index (χ0v) is 19.0. The van der Waals surface area contributed by atoms with Gasteiger partial charge in [0.15, 0.2) is 0 Å². The monoisotopic (exact) mass is 443 g/mol. The third-order valence-electron chi connectivity index (χ3n) is 5.37. The molecule has 1 atom stereocenters. The maximum absolute atomic E-state index is 9.70. The van der Waals surface area contributed by atoms with E-state index in [9.17, 15) is 5.26 Å². The minimum atomic E-state index is 0.304. The molecule has 0 aliphatic heterocycles. The van der Waals surface area contributed by atoms with Crippen molar-refractivity contribution in [3.8, 4) is 6.07 Å². The highest BCUT2D eigenvalue weighted by Crippen LogP contribution is 2.44. The predicted octanol–water partition coefficient (Wildman–Crippen LogP) is 6.35. The summed E-state index contributed by atoms with van der Waals surface area (Å²) in [5, 5.41) is 10.5. The normalized spacial score (nSPS) is 17.0. The van der Waals surface area contributed by atoms with Gasteiger partial charge in [-0.05, 0) is 69.8 Å². The molecule has 1 heterocycles. The lowest BCUT2D eigenvalue weighted by Gasteiger charge is -2.33. The molecule has 27 heavy (non-hydrogen) atoms. The number of hydrogen-bond donors (Lipinski definition) is 0. The minimum Gasteiger partial charge on any atom is -0.377 e. The summed E-state index contributed by atoms with van der Waals surface area (Å²) in [7, 11) is 4.04. The van der Waals surface area contributed by atoms with Gasteiger partial charge >= 0.3 is 0 Å². The molecule has 0 amide bonds. The maximum Gasteiger partial charge on any atom is 0.134 e. The lowest BCUT2D eigenvalue weighted by molar-refractivity contribution is 0.218.